The molecule has 100 valence electrons. The van der Waals surface area contributed by atoms with Crippen LogP contribution in [0.4, 0.5) is 5.69 Å². The molecule has 0 aromatic heterocycles. The quantitative estimate of drug-likeness (QED) is 0.880. The van der Waals surface area contributed by atoms with E-state index in [0.717, 1.165) is 18.1 Å². The zero-order chi connectivity index (χ0) is 13.3. The second-order valence-electron chi connectivity index (χ2n) is 5.66. The lowest BCUT2D eigenvalue weighted by Crippen LogP contribution is -2.58. The molecule has 1 aliphatic carbocycles. The fraction of sp³-hybridized carbons (Fsp3) is 0.600. The zero-order valence-electron chi connectivity index (χ0n) is 11.6. The molecule has 0 bridgehead atoms. The van der Waals surface area contributed by atoms with Crippen molar-refractivity contribution < 1.29 is 4.74 Å². The van der Waals surface area contributed by atoms with Crippen LogP contribution < -0.4 is 5.32 Å². The Kier molecular flexibility index (Phi) is 3.88. The highest BCUT2D eigenvalue weighted by molar-refractivity contribution is 6.30. The van der Waals surface area contributed by atoms with Gasteiger partial charge in [0.15, 0.2) is 0 Å². The van der Waals surface area contributed by atoms with Gasteiger partial charge in [-0.2, -0.15) is 0 Å². The average Bonchev–Trinajstić information content (AvgIpc) is 2.30. The molecule has 1 N–H and O–H groups in total. The summed E-state index contributed by atoms with van der Waals surface area (Å²) in [5.41, 5.74) is 2.55. The molecule has 0 aliphatic heterocycles. The smallest absolute Gasteiger partial charge is 0.0665 e. The third kappa shape index (κ3) is 2.50. The van der Waals surface area contributed by atoms with E-state index in [1.54, 1.807) is 0 Å². The van der Waals surface area contributed by atoms with Crippen LogP contribution in [0.1, 0.15) is 32.8 Å². The Labute approximate surface area is 115 Å². The second kappa shape index (κ2) is 5.10. The molecule has 18 heavy (non-hydrogen) atoms. The van der Waals surface area contributed by atoms with Crippen LogP contribution in [0.25, 0.3) is 0 Å². The van der Waals surface area contributed by atoms with Gasteiger partial charge in [-0.05, 0) is 44.0 Å². The summed E-state index contributed by atoms with van der Waals surface area (Å²) in [6, 6.07) is 6.45. The van der Waals surface area contributed by atoms with E-state index in [1.165, 1.54) is 11.3 Å². The van der Waals surface area contributed by atoms with Crippen LogP contribution in [0.15, 0.2) is 18.2 Å². The van der Waals surface area contributed by atoms with E-state index >= 15 is 0 Å². The minimum atomic E-state index is 0.183. The largest absolute Gasteiger partial charge is 0.381 e. The van der Waals surface area contributed by atoms with Crippen LogP contribution >= 0.6 is 11.6 Å². The van der Waals surface area contributed by atoms with Crippen molar-refractivity contribution >= 4 is 17.3 Å². The van der Waals surface area contributed by atoms with E-state index in [9.17, 15) is 0 Å². The molecule has 1 aromatic rings. The van der Waals surface area contributed by atoms with E-state index in [4.69, 9.17) is 16.3 Å². The summed E-state index contributed by atoms with van der Waals surface area (Å²) < 4.78 is 5.75. The molecule has 1 fully saturated rings. The van der Waals surface area contributed by atoms with Gasteiger partial charge in [0.1, 0.15) is 0 Å². The van der Waals surface area contributed by atoms with Gasteiger partial charge in [0.2, 0.25) is 0 Å². The van der Waals surface area contributed by atoms with E-state index in [0.29, 0.717) is 12.1 Å². The summed E-state index contributed by atoms with van der Waals surface area (Å²) in [5, 5.41) is 4.40. The Hall–Kier alpha value is -0.730. The van der Waals surface area contributed by atoms with E-state index < -0.39 is 0 Å². The number of ether oxygens (including phenoxy) is 1. The van der Waals surface area contributed by atoms with Gasteiger partial charge >= 0.3 is 0 Å². The fourth-order valence-electron chi connectivity index (χ4n) is 2.59. The number of benzene rings is 1. The van der Waals surface area contributed by atoms with Crippen molar-refractivity contribution in [1.29, 1.82) is 0 Å². The molecular formula is C15H22ClNO. The summed E-state index contributed by atoms with van der Waals surface area (Å²) in [6.07, 6.45) is 1.44. The molecule has 0 heterocycles. The van der Waals surface area contributed by atoms with Crippen LogP contribution in [0.5, 0.6) is 0 Å². The SMILES string of the molecule is CCOC1CC(Nc2ccc(Cl)cc2C)C1(C)C. The highest BCUT2D eigenvalue weighted by Crippen LogP contribution is 2.44. The van der Waals surface area contributed by atoms with Gasteiger partial charge in [0.25, 0.3) is 0 Å². The van der Waals surface area contributed by atoms with Gasteiger partial charge in [0, 0.05) is 28.8 Å². The van der Waals surface area contributed by atoms with Crippen molar-refractivity contribution in [3.63, 3.8) is 0 Å². The second-order valence-corrected chi connectivity index (χ2v) is 6.09. The molecule has 2 atom stereocenters. The van der Waals surface area contributed by atoms with Gasteiger partial charge in [-0.3, -0.25) is 0 Å². The predicted octanol–water partition coefficient (Wildman–Crippen LogP) is 4.26. The van der Waals surface area contributed by atoms with Gasteiger partial charge < -0.3 is 10.1 Å². The number of aryl methyl sites for hydroxylation is 1. The highest BCUT2D eigenvalue weighted by atomic mass is 35.5. The highest BCUT2D eigenvalue weighted by Gasteiger charge is 2.48. The third-order valence-corrected chi connectivity index (χ3v) is 4.30. The Bertz CT molecular complexity index is 431. The molecule has 3 heteroatoms. The zero-order valence-corrected chi connectivity index (χ0v) is 12.3. The Morgan fingerprint density at radius 1 is 1.44 bits per heavy atom. The molecule has 0 saturated heterocycles. The van der Waals surface area contributed by atoms with Gasteiger partial charge in [-0.25, -0.2) is 0 Å². The van der Waals surface area contributed by atoms with Gasteiger partial charge in [-0.1, -0.05) is 25.4 Å². The van der Waals surface area contributed by atoms with Crippen molar-refractivity contribution in [2.45, 2.75) is 46.3 Å². The van der Waals surface area contributed by atoms with E-state index in [-0.39, 0.29) is 5.41 Å². The molecule has 2 rings (SSSR count). The number of hydrogen-bond donors (Lipinski definition) is 1. The fourth-order valence-corrected chi connectivity index (χ4v) is 2.82. The monoisotopic (exact) mass is 267 g/mol. The topological polar surface area (TPSA) is 21.3 Å². The lowest BCUT2D eigenvalue weighted by Gasteiger charge is -2.52. The predicted molar refractivity (Wildman–Crippen MR) is 77.4 cm³/mol. The molecule has 1 aliphatic rings. The summed E-state index contributed by atoms with van der Waals surface area (Å²) >= 11 is 5.97. The summed E-state index contributed by atoms with van der Waals surface area (Å²) in [5.74, 6) is 0. The number of hydrogen-bond acceptors (Lipinski definition) is 2. The lowest BCUT2D eigenvalue weighted by molar-refractivity contribution is -0.0976. The maximum atomic E-state index is 5.97. The van der Waals surface area contributed by atoms with Crippen molar-refractivity contribution in [3.05, 3.63) is 28.8 Å². The molecule has 0 spiro atoms. The van der Waals surface area contributed by atoms with E-state index in [1.807, 2.05) is 12.1 Å². The minimum absolute atomic E-state index is 0.183. The van der Waals surface area contributed by atoms with Crippen molar-refractivity contribution in [3.8, 4) is 0 Å². The Balaban J connectivity index is 2.03. The first-order valence-electron chi connectivity index (χ1n) is 6.59. The molecule has 1 aromatic carbocycles. The van der Waals surface area contributed by atoms with Crippen molar-refractivity contribution in [2.75, 3.05) is 11.9 Å². The Morgan fingerprint density at radius 2 is 2.17 bits per heavy atom. The standard InChI is InChI=1S/C15H22ClNO/c1-5-18-14-9-13(15(14,3)4)17-12-7-6-11(16)8-10(12)2/h6-8,13-14,17H,5,9H2,1-4H3. The number of nitrogens with one attached hydrogen (secondary N) is 1. The molecule has 0 radical (unpaired) electrons. The first-order chi connectivity index (χ1) is 8.45. The minimum Gasteiger partial charge on any atom is -0.381 e. The number of rotatable bonds is 4. The number of halogens is 1. The summed E-state index contributed by atoms with van der Waals surface area (Å²) in [4.78, 5) is 0. The maximum absolute atomic E-state index is 5.97. The van der Waals surface area contributed by atoms with Crippen molar-refractivity contribution in [1.82, 2.24) is 0 Å². The Morgan fingerprint density at radius 3 is 2.72 bits per heavy atom. The average molecular weight is 268 g/mol. The van der Waals surface area contributed by atoms with Crippen molar-refractivity contribution in [2.24, 2.45) is 5.41 Å². The first-order valence-corrected chi connectivity index (χ1v) is 6.97. The lowest BCUT2D eigenvalue weighted by atomic mass is 9.64. The van der Waals surface area contributed by atoms with Gasteiger partial charge in [0.05, 0.1) is 6.10 Å². The maximum Gasteiger partial charge on any atom is 0.0665 e. The molecule has 0 amide bonds. The molecule has 2 unspecified atom stereocenters. The van der Waals surface area contributed by atoms with Crippen LogP contribution in [-0.4, -0.2) is 18.8 Å². The van der Waals surface area contributed by atoms with Gasteiger partial charge in [-0.15, -0.1) is 0 Å². The van der Waals surface area contributed by atoms with E-state index in [2.05, 4.69) is 39.1 Å². The number of anilines is 1. The summed E-state index contributed by atoms with van der Waals surface area (Å²) in [6.45, 7) is 9.46. The third-order valence-electron chi connectivity index (χ3n) is 4.06. The first kappa shape index (κ1) is 13.7. The summed E-state index contributed by atoms with van der Waals surface area (Å²) in [7, 11) is 0. The molecule has 1 saturated carbocycles. The van der Waals surface area contributed by atoms with Crippen LogP contribution in [0.3, 0.4) is 0 Å². The van der Waals surface area contributed by atoms with Crippen LogP contribution in [0, 0.1) is 12.3 Å². The molecule has 2 nitrogen and oxygen atoms in total. The normalized spacial score (nSPS) is 25.6. The van der Waals surface area contributed by atoms with Crippen LogP contribution in [-0.2, 0) is 4.74 Å². The van der Waals surface area contributed by atoms with Crippen LogP contribution in [0.2, 0.25) is 5.02 Å². The molecular weight excluding hydrogens is 246 g/mol.